The van der Waals surface area contributed by atoms with E-state index in [1.165, 1.54) is 0 Å². The second kappa shape index (κ2) is 6.60. The highest BCUT2D eigenvalue weighted by molar-refractivity contribution is 6.31. The van der Waals surface area contributed by atoms with Crippen LogP contribution in [-0.4, -0.2) is 30.8 Å². The van der Waals surface area contributed by atoms with Crippen molar-refractivity contribution < 1.29 is 5.11 Å². The first-order valence-electron chi connectivity index (χ1n) is 7.07. The van der Waals surface area contributed by atoms with Gasteiger partial charge in [-0.15, -0.1) is 0 Å². The molecule has 2 N–H and O–H groups in total. The summed E-state index contributed by atoms with van der Waals surface area (Å²) < 4.78 is 0. The number of anilines is 1. The molecule has 1 aliphatic heterocycles. The number of halogens is 1. The fraction of sp³-hybridized carbons (Fsp3) is 0.600. The van der Waals surface area contributed by atoms with Crippen molar-refractivity contribution in [3.63, 3.8) is 0 Å². The van der Waals surface area contributed by atoms with Gasteiger partial charge in [-0.25, -0.2) is 0 Å². The standard InChI is InChI=1S/C15H23ClN2O/c1-3-17-11(2)14-7-6-12(9-15(14)16)18-8-4-5-13(18)10-19/h6-7,9,11,13,17,19H,3-5,8,10H2,1-2H3. The minimum absolute atomic E-state index is 0.215. The quantitative estimate of drug-likeness (QED) is 0.872. The first-order valence-corrected chi connectivity index (χ1v) is 7.45. The highest BCUT2D eigenvalue weighted by Crippen LogP contribution is 2.31. The fourth-order valence-electron chi connectivity index (χ4n) is 2.83. The normalized spacial score (nSPS) is 20.8. The van der Waals surface area contributed by atoms with E-state index in [1.54, 1.807) is 0 Å². The van der Waals surface area contributed by atoms with E-state index < -0.39 is 0 Å². The van der Waals surface area contributed by atoms with Crippen LogP contribution in [0.25, 0.3) is 0 Å². The maximum atomic E-state index is 9.40. The molecule has 4 heteroatoms. The zero-order chi connectivity index (χ0) is 13.8. The van der Waals surface area contributed by atoms with E-state index in [2.05, 4.69) is 36.2 Å². The minimum Gasteiger partial charge on any atom is -0.394 e. The average Bonchev–Trinajstić information content (AvgIpc) is 2.87. The van der Waals surface area contributed by atoms with Gasteiger partial charge < -0.3 is 15.3 Å². The van der Waals surface area contributed by atoms with Crippen molar-refractivity contribution in [2.75, 3.05) is 24.6 Å². The van der Waals surface area contributed by atoms with E-state index in [4.69, 9.17) is 11.6 Å². The molecule has 2 unspecified atom stereocenters. The molecule has 0 spiro atoms. The molecule has 0 bridgehead atoms. The Kier molecular flexibility index (Phi) is 5.08. The Morgan fingerprint density at radius 2 is 2.32 bits per heavy atom. The number of rotatable bonds is 5. The molecule has 1 heterocycles. The molecule has 3 nitrogen and oxygen atoms in total. The summed E-state index contributed by atoms with van der Waals surface area (Å²) >= 11 is 6.40. The van der Waals surface area contributed by atoms with Crippen molar-refractivity contribution in [2.24, 2.45) is 0 Å². The SMILES string of the molecule is CCNC(C)c1ccc(N2CCCC2CO)cc1Cl. The van der Waals surface area contributed by atoms with Crippen LogP contribution >= 0.6 is 11.6 Å². The summed E-state index contributed by atoms with van der Waals surface area (Å²) in [5, 5.41) is 13.6. The first kappa shape index (κ1) is 14.6. The van der Waals surface area contributed by atoms with Crippen molar-refractivity contribution in [2.45, 2.75) is 38.8 Å². The third-order valence-electron chi connectivity index (χ3n) is 3.88. The van der Waals surface area contributed by atoms with Crippen LogP contribution < -0.4 is 10.2 Å². The van der Waals surface area contributed by atoms with Gasteiger partial charge in [-0.1, -0.05) is 24.6 Å². The third kappa shape index (κ3) is 3.22. The van der Waals surface area contributed by atoms with Crippen molar-refractivity contribution in [3.05, 3.63) is 28.8 Å². The van der Waals surface area contributed by atoms with Gasteiger partial charge in [-0.2, -0.15) is 0 Å². The number of aliphatic hydroxyl groups is 1. The molecule has 0 aromatic heterocycles. The van der Waals surface area contributed by atoms with Crippen LogP contribution in [-0.2, 0) is 0 Å². The van der Waals surface area contributed by atoms with E-state index in [0.717, 1.165) is 42.2 Å². The third-order valence-corrected chi connectivity index (χ3v) is 4.21. The lowest BCUT2D eigenvalue weighted by atomic mass is 10.1. The smallest absolute Gasteiger partial charge is 0.0635 e. The lowest BCUT2D eigenvalue weighted by molar-refractivity contribution is 0.266. The summed E-state index contributed by atoms with van der Waals surface area (Å²) in [6, 6.07) is 6.74. The molecule has 1 aromatic carbocycles. The van der Waals surface area contributed by atoms with Gasteiger partial charge in [-0.3, -0.25) is 0 Å². The highest BCUT2D eigenvalue weighted by atomic mass is 35.5. The predicted octanol–water partition coefficient (Wildman–Crippen LogP) is 2.97. The van der Waals surface area contributed by atoms with E-state index >= 15 is 0 Å². The molecule has 1 fully saturated rings. The van der Waals surface area contributed by atoms with Gasteiger partial charge in [0, 0.05) is 23.3 Å². The highest BCUT2D eigenvalue weighted by Gasteiger charge is 2.24. The molecule has 2 rings (SSSR count). The number of hydrogen-bond acceptors (Lipinski definition) is 3. The molecule has 0 radical (unpaired) electrons. The molecule has 106 valence electrons. The van der Waals surface area contributed by atoms with Crippen LogP contribution in [0.15, 0.2) is 18.2 Å². The van der Waals surface area contributed by atoms with Gasteiger partial charge in [0.1, 0.15) is 0 Å². The van der Waals surface area contributed by atoms with Gasteiger partial charge in [0.15, 0.2) is 0 Å². The molecule has 0 saturated carbocycles. The van der Waals surface area contributed by atoms with Crippen molar-refractivity contribution in [1.82, 2.24) is 5.32 Å². The number of nitrogens with one attached hydrogen (secondary N) is 1. The Labute approximate surface area is 120 Å². The minimum atomic E-state index is 0.215. The summed E-state index contributed by atoms with van der Waals surface area (Å²) in [4.78, 5) is 2.26. The van der Waals surface area contributed by atoms with E-state index in [9.17, 15) is 5.11 Å². The number of benzene rings is 1. The summed E-state index contributed by atoms with van der Waals surface area (Å²) in [7, 11) is 0. The number of nitrogens with zero attached hydrogens (tertiary/aromatic N) is 1. The summed E-state index contributed by atoms with van der Waals surface area (Å²) in [6.45, 7) is 6.36. The summed E-state index contributed by atoms with van der Waals surface area (Å²) in [5.41, 5.74) is 2.25. The lowest BCUT2D eigenvalue weighted by Gasteiger charge is -2.26. The van der Waals surface area contributed by atoms with Crippen molar-refractivity contribution >= 4 is 17.3 Å². The predicted molar refractivity (Wildman–Crippen MR) is 81.0 cm³/mol. The molecule has 2 atom stereocenters. The Hall–Kier alpha value is -0.770. The topological polar surface area (TPSA) is 35.5 Å². The summed E-state index contributed by atoms with van der Waals surface area (Å²) in [6.07, 6.45) is 2.20. The molecule has 0 amide bonds. The van der Waals surface area contributed by atoms with Crippen LogP contribution in [0.2, 0.25) is 5.02 Å². The first-order chi connectivity index (χ1) is 9.17. The van der Waals surface area contributed by atoms with Gasteiger partial charge in [0.2, 0.25) is 0 Å². The molecular formula is C15H23ClN2O. The largest absolute Gasteiger partial charge is 0.394 e. The maximum absolute atomic E-state index is 9.40. The fourth-order valence-corrected chi connectivity index (χ4v) is 3.17. The van der Waals surface area contributed by atoms with Gasteiger partial charge >= 0.3 is 0 Å². The van der Waals surface area contributed by atoms with Crippen LogP contribution in [0.4, 0.5) is 5.69 Å². The maximum Gasteiger partial charge on any atom is 0.0635 e. The average molecular weight is 283 g/mol. The van der Waals surface area contributed by atoms with Crippen LogP contribution in [0.3, 0.4) is 0 Å². The Morgan fingerprint density at radius 3 is 2.95 bits per heavy atom. The van der Waals surface area contributed by atoms with Gasteiger partial charge in [0.05, 0.1) is 12.6 Å². The molecule has 19 heavy (non-hydrogen) atoms. The van der Waals surface area contributed by atoms with Crippen LogP contribution in [0.1, 0.15) is 38.3 Å². The van der Waals surface area contributed by atoms with E-state index in [0.29, 0.717) is 0 Å². The molecule has 1 saturated heterocycles. The summed E-state index contributed by atoms with van der Waals surface area (Å²) in [5.74, 6) is 0. The van der Waals surface area contributed by atoms with Gasteiger partial charge in [-0.05, 0) is 44.0 Å². The Bertz CT molecular complexity index is 425. The molecule has 1 aliphatic rings. The zero-order valence-corrected chi connectivity index (χ0v) is 12.5. The van der Waals surface area contributed by atoms with E-state index in [1.807, 2.05) is 6.07 Å². The molecular weight excluding hydrogens is 260 g/mol. The molecule has 1 aromatic rings. The van der Waals surface area contributed by atoms with Crippen molar-refractivity contribution in [1.29, 1.82) is 0 Å². The van der Waals surface area contributed by atoms with Crippen LogP contribution in [0.5, 0.6) is 0 Å². The molecule has 0 aliphatic carbocycles. The van der Waals surface area contributed by atoms with E-state index in [-0.39, 0.29) is 18.7 Å². The zero-order valence-electron chi connectivity index (χ0n) is 11.7. The second-order valence-electron chi connectivity index (χ2n) is 5.16. The lowest BCUT2D eigenvalue weighted by Crippen LogP contribution is -2.32. The number of aliphatic hydroxyl groups excluding tert-OH is 1. The van der Waals surface area contributed by atoms with Crippen LogP contribution in [0, 0.1) is 0 Å². The Balaban J connectivity index is 2.18. The van der Waals surface area contributed by atoms with Gasteiger partial charge in [0.25, 0.3) is 0 Å². The number of hydrogen-bond donors (Lipinski definition) is 2. The van der Waals surface area contributed by atoms with Crippen molar-refractivity contribution in [3.8, 4) is 0 Å². The second-order valence-corrected chi connectivity index (χ2v) is 5.56. The monoisotopic (exact) mass is 282 g/mol. The Morgan fingerprint density at radius 1 is 1.53 bits per heavy atom.